The summed E-state index contributed by atoms with van der Waals surface area (Å²) in [6.07, 6.45) is 3.72. The number of rotatable bonds is 6. The highest BCUT2D eigenvalue weighted by molar-refractivity contribution is 5.75. The van der Waals surface area contributed by atoms with Gasteiger partial charge < -0.3 is 19.8 Å². The number of para-hydroxylation sites is 4. The highest BCUT2D eigenvalue weighted by atomic mass is 15.3. The highest BCUT2D eigenvalue weighted by Gasteiger charge is 2.26. The average molecular weight is 615 g/mol. The van der Waals surface area contributed by atoms with Crippen LogP contribution in [-0.2, 0) is 13.1 Å². The molecule has 0 amide bonds. The van der Waals surface area contributed by atoms with Crippen molar-refractivity contribution in [2.24, 2.45) is 0 Å². The van der Waals surface area contributed by atoms with Gasteiger partial charge in [0.15, 0.2) is 0 Å². The number of nitrogens with zero attached hydrogens (tertiary/aromatic N) is 8. The van der Waals surface area contributed by atoms with Gasteiger partial charge in [0.25, 0.3) is 0 Å². The summed E-state index contributed by atoms with van der Waals surface area (Å²) in [6.45, 7) is 12.3. The number of pyridine rings is 2. The molecule has 8 rings (SSSR count). The van der Waals surface area contributed by atoms with E-state index in [9.17, 15) is 0 Å². The van der Waals surface area contributed by atoms with E-state index in [1.807, 2.05) is 60.9 Å². The molecule has 2 N–H and O–H groups in total. The van der Waals surface area contributed by atoms with Crippen LogP contribution in [-0.4, -0.2) is 91.1 Å². The Hall–Kier alpha value is -4.80. The normalized spacial score (nSPS) is 19.3. The molecule has 10 nitrogen and oxygen atoms in total. The Morgan fingerprint density at radius 2 is 1.00 bits per heavy atom. The Balaban J connectivity index is 0.000000147. The van der Waals surface area contributed by atoms with E-state index in [0.29, 0.717) is 12.1 Å². The maximum atomic E-state index is 4.70. The molecule has 2 aliphatic rings. The van der Waals surface area contributed by atoms with Crippen LogP contribution in [0.25, 0.3) is 22.1 Å². The molecule has 46 heavy (non-hydrogen) atoms. The molecule has 6 aromatic rings. The van der Waals surface area contributed by atoms with Crippen LogP contribution < -0.4 is 9.80 Å². The molecule has 0 saturated carbocycles. The third-order valence-electron chi connectivity index (χ3n) is 9.06. The van der Waals surface area contributed by atoms with E-state index < -0.39 is 0 Å². The number of fused-ring (bicyclic) bond motifs is 2. The van der Waals surface area contributed by atoms with Crippen LogP contribution in [0, 0.1) is 0 Å². The van der Waals surface area contributed by atoms with Crippen LogP contribution in [0.2, 0.25) is 0 Å². The minimum absolute atomic E-state index is 0.471. The largest absolute Gasteiger partial charge is 0.354 e. The zero-order chi connectivity index (χ0) is 31.3. The first-order valence-corrected chi connectivity index (χ1v) is 16.3. The van der Waals surface area contributed by atoms with Gasteiger partial charge >= 0.3 is 0 Å². The molecule has 0 radical (unpaired) electrons. The third kappa shape index (κ3) is 6.88. The minimum atomic E-state index is 0.471. The molecule has 6 heterocycles. The quantitative estimate of drug-likeness (QED) is 0.260. The van der Waals surface area contributed by atoms with Crippen LogP contribution in [0.5, 0.6) is 0 Å². The SMILES string of the molecule is C[C@@H]1CN(c2ccccn2)CCN1Cc1nc2ccccc2[nH]1.C[C@H]1CN(c2ccccn2)CCN1Cc1nc2ccccc2[nH]1. The molecule has 0 aliphatic carbocycles. The second kappa shape index (κ2) is 13.7. The van der Waals surface area contributed by atoms with Gasteiger partial charge in [-0.15, -0.1) is 0 Å². The fraction of sp³-hybridized carbons (Fsp3) is 0.333. The molecule has 4 aromatic heterocycles. The molecule has 0 spiro atoms. The number of hydrogen-bond donors (Lipinski definition) is 2. The molecule has 2 saturated heterocycles. The predicted octanol–water partition coefficient (Wildman–Crippen LogP) is 5.34. The zero-order valence-electron chi connectivity index (χ0n) is 26.6. The molecular weight excluding hydrogens is 572 g/mol. The maximum Gasteiger partial charge on any atom is 0.128 e. The Morgan fingerprint density at radius 1 is 0.565 bits per heavy atom. The van der Waals surface area contributed by atoms with Crippen molar-refractivity contribution in [3.05, 3.63) is 109 Å². The van der Waals surface area contributed by atoms with E-state index >= 15 is 0 Å². The van der Waals surface area contributed by atoms with Gasteiger partial charge in [-0.1, -0.05) is 36.4 Å². The molecule has 0 bridgehead atoms. The number of nitrogens with one attached hydrogen (secondary N) is 2. The van der Waals surface area contributed by atoms with Crippen LogP contribution >= 0.6 is 0 Å². The van der Waals surface area contributed by atoms with Crippen molar-refractivity contribution in [3.63, 3.8) is 0 Å². The lowest BCUT2D eigenvalue weighted by Crippen LogP contribution is -2.51. The Labute approximate surface area is 270 Å². The van der Waals surface area contributed by atoms with Gasteiger partial charge in [-0.2, -0.15) is 0 Å². The second-order valence-electron chi connectivity index (χ2n) is 12.3. The topological polar surface area (TPSA) is 96.1 Å². The number of aromatic amines is 2. The average Bonchev–Trinajstić information content (AvgIpc) is 3.71. The summed E-state index contributed by atoms with van der Waals surface area (Å²) >= 11 is 0. The summed E-state index contributed by atoms with van der Waals surface area (Å²) in [4.78, 5) is 34.9. The van der Waals surface area contributed by atoms with E-state index in [1.165, 1.54) is 0 Å². The van der Waals surface area contributed by atoms with Gasteiger partial charge in [-0.3, -0.25) is 9.80 Å². The smallest absolute Gasteiger partial charge is 0.128 e. The van der Waals surface area contributed by atoms with Crippen molar-refractivity contribution in [1.82, 2.24) is 39.7 Å². The van der Waals surface area contributed by atoms with Gasteiger partial charge in [-0.25, -0.2) is 19.9 Å². The zero-order valence-corrected chi connectivity index (χ0v) is 26.6. The van der Waals surface area contributed by atoms with E-state index in [-0.39, 0.29) is 0 Å². The highest BCUT2D eigenvalue weighted by Crippen LogP contribution is 2.21. The molecule has 2 aliphatic heterocycles. The lowest BCUT2D eigenvalue weighted by atomic mass is 10.2. The van der Waals surface area contributed by atoms with E-state index in [4.69, 9.17) is 9.97 Å². The van der Waals surface area contributed by atoms with Gasteiger partial charge in [0.05, 0.1) is 35.2 Å². The van der Waals surface area contributed by atoms with E-state index in [1.54, 1.807) is 0 Å². The van der Waals surface area contributed by atoms with E-state index in [2.05, 4.69) is 89.8 Å². The maximum absolute atomic E-state index is 4.70. The molecule has 10 heteroatoms. The fourth-order valence-electron chi connectivity index (χ4n) is 6.50. The summed E-state index contributed by atoms with van der Waals surface area (Å²) in [5, 5.41) is 0. The number of imidazole rings is 2. The third-order valence-corrected chi connectivity index (χ3v) is 9.06. The Kier molecular flexibility index (Phi) is 8.89. The number of aromatic nitrogens is 6. The summed E-state index contributed by atoms with van der Waals surface area (Å²) in [6, 6.07) is 29.5. The number of benzene rings is 2. The number of hydrogen-bond acceptors (Lipinski definition) is 8. The number of anilines is 2. The molecule has 2 aromatic carbocycles. The molecular formula is C36H42N10. The molecule has 2 atom stereocenters. The lowest BCUT2D eigenvalue weighted by molar-refractivity contribution is 0.177. The van der Waals surface area contributed by atoms with Gasteiger partial charge in [0.2, 0.25) is 0 Å². The molecule has 236 valence electrons. The van der Waals surface area contributed by atoms with Gasteiger partial charge in [0.1, 0.15) is 23.3 Å². The van der Waals surface area contributed by atoms with Gasteiger partial charge in [-0.05, 0) is 62.4 Å². The van der Waals surface area contributed by atoms with Crippen molar-refractivity contribution >= 4 is 33.7 Å². The second-order valence-corrected chi connectivity index (χ2v) is 12.3. The lowest BCUT2D eigenvalue weighted by Gasteiger charge is -2.40. The summed E-state index contributed by atoms with van der Waals surface area (Å²) in [5.74, 6) is 4.24. The minimum Gasteiger partial charge on any atom is -0.354 e. The van der Waals surface area contributed by atoms with Crippen molar-refractivity contribution in [2.75, 3.05) is 49.1 Å². The summed E-state index contributed by atoms with van der Waals surface area (Å²) in [7, 11) is 0. The summed E-state index contributed by atoms with van der Waals surface area (Å²) < 4.78 is 0. The first kappa shape index (κ1) is 29.9. The van der Waals surface area contributed by atoms with Crippen LogP contribution in [0.3, 0.4) is 0 Å². The first-order chi connectivity index (χ1) is 22.6. The van der Waals surface area contributed by atoms with Crippen molar-refractivity contribution in [3.8, 4) is 0 Å². The van der Waals surface area contributed by atoms with Crippen molar-refractivity contribution < 1.29 is 0 Å². The van der Waals surface area contributed by atoms with Crippen LogP contribution in [0.4, 0.5) is 11.6 Å². The molecule has 2 fully saturated rings. The van der Waals surface area contributed by atoms with Crippen molar-refractivity contribution in [1.29, 1.82) is 0 Å². The number of piperazine rings is 2. The van der Waals surface area contributed by atoms with Crippen LogP contribution in [0.15, 0.2) is 97.3 Å². The molecule has 0 unspecified atom stereocenters. The standard InChI is InChI=1S/2C18H21N5/c2*1-14-12-23(18-8-4-5-9-19-18)11-10-22(14)13-17-20-15-6-2-3-7-16(15)21-17/h2*2-9,14H,10-13H2,1H3,(H,20,21)/t2*14-/m10/s1. The van der Waals surface area contributed by atoms with Crippen molar-refractivity contribution in [2.45, 2.75) is 39.0 Å². The summed E-state index contributed by atoms with van der Waals surface area (Å²) in [5.41, 5.74) is 4.31. The first-order valence-electron chi connectivity index (χ1n) is 16.3. The Morgan fingerprint density at radius 3 is 1.39 bits per heavy atom. The van der Waals surface area contributed by atoms with E-state index in [0.717, 1.165) is 97.7 Å². The number of H-pyrrole nitrogens is 2. The fourth-order valence-corrected chi connectivity index (χ4v) is 6.50. The monoisotopic (exact) mass is 614 g/mol. The van der Waals surface area contributed by atoms with Crippen LogP contribution in [0.1, 0.15) is 25.5 Å². The Bertz CT molecular complexity index is 1630. The predicted molar refractivity (Wildman–Crippen MR) is 185 cm³/mol. The van der Waals surface area contributed by atoms with Gasteiger partial charge in [0, 0.05) is 63.7 Å².